The molecule has 2 aromatic carbocycles. The van der Waals surface area contributed by atoms with Crippen LogP contribution in [0, 0.1) is 10.1 Å². The summed E-state index contributed by atoms with van der Waals surface area (Å²) in [6.07, 6.45) is 1.66. The number of ether oxygens (including phenoxy) is 1. The number of thioether (sulfide) groups is 1. The lowest BCUT2D eigenvalue weighted by molar-refractivity contribution is -0.384. The molecule has 9 nitrogen and oxygen atoms in total. The fourth-order valence-electron chi connectivity index (χ4n) is 2.84. The topological polar surface area (TPSA) is 122 Å². The summed E-state index contributed by atoms with van der Waals surface area (Å²) in [5.74, 6) is -0.447. The molecule has 1 aliphatic rings. The molecule has 1 fully saturated rings. The van der Waals surface area contributed by atoms with Gasteiger partial charge in [-0.15, -0.1) is 0 Å². The first kappa shape index (κ1) is 23.2. The third-order valence-electron chi connectivity index (χ3n) is 4.39. The highest BCUT2D eigenvalue weighted by atomic mass is 32.2. The van der Waals surface area contributed by atoms with Crippen LogP contribution in [0.4, 0.5) is 11.4 Å². The number of carbonyl (C=O) groups excluding carboxylic acids is 2. The number of thiocarbonyl (C=S) groups is 1. The quantitative estimate of drug-likeness (QED) is 0.194. The van der Waals surface area contributed by atoms with Crippen molar-refractivity contribution < 1.29 is 24.4 Å². The van der Waals surface area contributed by atoms with Crippen molar-refractivity contribution >= 4 is 57.6 Å². The van der Waals surface area contributed by atoms with E-state index in [9.17, 15) is 24.8 Å². The molecule has 0 aliphatic carbocycles. The first-order valence-corrected chi connectivity index (χ1v) is 10.8. The molecule has 2 N–H and O–H groups in total. The molecule has 2 aromatic rings. The van der Waals surface area contributed by atoms with Crippen LogP contribution in [0.2, 0.25) is 0 Å². The Morgan fingerprint density at radius 2 is 2.03 bits per heavy atom. The van der Waals surface area contributed by atoms with E-state index in [-0.39, 0.29) is 30.2 Å². The van der Waals surface area contributed by atoms with Gasteiger partial charge in [0, 0.05) is 19.0 Å². The maximum Gasteiger partial charge on any atom is 0.273 e. The Labute approximate surface area is 193 Å². The highest BCUT2D eigenvalue weighted by molar-refractivity contribution is 8.26. The zero-order valence-electron chi connectivity index (χ0n) is 16.9. The number of benzene rings is 2. The molecule has 0 unspecified atom stereocenters. The second kappa shape index (κ2) is 10.2. The summed E-state index contributed by atoms with van der Waals surface area (Å²) in [6.45, 7) is 2.52. The van der Waals surface area contributed by atoms with E-state index in [1.54, 1.807) is 6.08 Å². The summed E-state index contributed by atoms with van der Waals surface area (Å²) >= 11 is 6.43. The molecule has 2 amide bonds. The number of nitro benzene ring substituents is 1. The molecule has 1 saturated heterocycles. The third-order valence-corrected chi connectivity index (χ3v) is 5.77. The average Bonchev–Trinajstić information content (AvgIpc) is 3.02. The summed E-state index contributed by atoms with van der Waals surface area (Å²) in [6, 6.07) is 10.7. The monoisotopic (exact) mass is 473 g/mol. The fourth-order valence-corrected chi connectivity index (χ4v) is 4.15. The standard InChI is InChI=1S/C21H19N3O6S2/c1-2-30-15-6-3-13(4-7-15)11-18-20(27)23(21(31)32-18)10-9-19(26)22-16-8-5-14(24(28)29)12-17(16)25/h3-8,11-12,25H,2,9-10H2,1H3,(H,22,26). The number of carbonyl (C=O) groups is 2. The molecule has 0 bridgehead atoms. The molecule has 166 valence electrons. The van der Waals surface area contributed by atoms with Crippen LogP contribution >= 0.6 is 24.0 Å². The van der Waals surface area contributed by atoms with Crippen molar-refractivity contribution in [3.8, 4) is 11.5 Å². The van der Waals surface area contributed by atoms with Crippen LogP contribution in [-0.4, -0.2) is 44.2 Å². The smallest absolute Gasteiger partial charge is 0.273 e. The number of nitro groups is 1. The van der Waals surface area contributed by atoms with E-state index in [0.29, 0.717) is 15.8 Å². The van der Waals surface area contributed by atoms with Crippen LogP contribution in [0.1, 0.15) is 18.9 Å². The van der Waals surface area contributed by atoms with Gasteiger partial charge in [0.05, 0.1) is 28.2 Å². The first-order valence-electron chi connectivity index (χ1n) is 9.54. The molecule has 0 spiro atoms. The number of phenolic OH excluding ortho intramolecular Hbond substituents is 1. The summed E-state index contributed by atoms with van der Waals surface area (Å²) in [5.41, 5.74) is 0.569. The van der Waals surface area contributed by atoms with Gasteiger partial charge in [0.2, 0.25) is 5.91 Å². The Morgan fingerprint density at radius 1 is 1.31 bits per heavy atom. The van der Waals surface area contributed by atoms with Crippen molar-refractivity contribution in [2.24, 2.45) is 0 Å². The summed E-state index contributed by atoms with van der Waals surface area (Å²) < 4.78 is 5.75. The maximum atomic E-state index is 12.7. The molecule has 0 radical (unpaired) electrons. The zero-order valence-corrected chi connectivity index (χ0v) is 18.6. The van der Waals surface area contributed by atoms with Gasteiger partial charge in [0.1, 0.15) is 15.8 Å². The average molecular weight is 474 g/mol. The number of phenols is 1. The minimum Gasteiger partial charge on any atom is -0.506 e. The number of non-ortho nitro benzene ring substituents is 1. The summed E-state index contributed by atoms with van der Waals surface area (Å²) in [5, 5.41) is 23.0. The Kier molecular flexibility index (Phi) is 7.44. The van der Waals surface area contributed by atoms with Crippen LogP contribution in [0.3, 0.4) is 0 Å². The lowest BCUT2D eigenvalue weighted by Gasteiger charge is -2.14. The van der Waals surface area contributed by atoms with E-state index in [1.807, 2.05) is 31.2 Å². The lowest BCUT2D eigenvalue weighted by Crippen LogP contribution is -2.31. The van der Waals surface area contributed by atoms with Gasteiger partial charge in [-0.25, -0.2) is 0 Å². The Morgan fingerprint density at radius 3 is 2.66 bits per heavy atom. The van der Waals surface area contributed by atoms with Crippen LogP contribution in [0.25, 0.3) is 6.08 Å². The number of amides is 2. The molecular formula is C21H19N3O6S2. The number of rotatable bonds is 8. The predicted octanol–water partition coefficient (Wildman–Crippen LogP) is 3.93. The van der Waals surface area contributed by atoms with Gasteiger partial charge in [0.15, 0.2) is 0 Å². The van der Waals surface area contributed by atoms with Gasteiger partial charge in [-0.05, 0) is 36.8 Å². The summed E-state index contributed by atoms with van der Waals surface area (Å²) in [7, 11) is 0. The van der Waals surface area contributed by atoms with E-state index >= 15 is 0 Å². The minimum atomic E-state index is -0.651. The largest absolute Gasteiger partial charge is 0.506 e. The maximum absolute atomic E-state index is 12.7. The van der Waals surface area contributed by atoms with Gasteiger partial charge >= 0.3 is 0 Å². The van der Waals surface area contributed by atoms with E-state index < -0.39 is 16.6 Å². The highest BCUT2D eigenvalue weighted by Crippen LogP contribution is 2.33. The first-order chi connectivity index (χ1) is 15.3. The van der Waals surface area contributed by atoms with Crippen molar-refractivity contribution in [3.05, 3.63) is 63.0 Å². The molecule has 0 aromatic heterocycles. The molecule has 1 aliphatic heterocycles. The zero-order chi connectivity index (χ0) is 23.3. The van der Waals surface area contributed by atoms with E-state index in [2.05, 4.69) is 5.32 Å². The second-order valence-electron chi connectivity index (χ2n) is 6.59. The predicted molar refractivity (Wildman–Crippen MR) is 125 cm³/mol. The molecule has 3 rings (SSSR count). The number of hydrogen-bond donors (Lipinski definition) is 2. The number of nitrogens with one attached hydrogen (secondary N) is 1. The number of anilines is 1. The van der Waals surface area contributed by atoms with Crippen LogP contribution in [0.15, 0.2) is 47.4 Å². The van der Waals surface area contributed by atoms with Crippen molar-refractivity contribution in [1.82, 2.24) is 4.90 Å². The number of hydrogen-bond acceptors (Lipinski definition) is 8. The van der Waals surface area contributed by atoms with Crippen molar-refractivity contribution in [1.29, 1.82) is 0 Å². The van der Waals surface area contributed by atoms with E-state index in [1.165, 1.54) is 17.0 Å². The molecular weight excluding hydrogens is 454 g/mol. The van der Waals surface area contributed by atoms with Crippen molar-refractivity contribution in [3.63, 3.8) is 0 Å². The van der Waals surface area contributed by atoms with Crippen molar-refractivity contribution in [2.45, 2.75) is 13.3 Å². The minimum absolute atomic E-state index is 0.0429. The fraction of sp³-hybridized carbons (Fsp3) is 0.190. The van der Waals surface area contributed by atoms with Gasteiger partial charge in [-0.3, -0.25) is 24.6 Å². The van der Waals surface area contributed by atoms with E-state index in [4.69, 9.17) is 17.0 Å². The summed E-state index contributed by atoms with van der Waals surface area (Å²) in [4.78, 5) is 36.8. The van der Waals surface area contributed by atoms with Crippen molar-refractivity contribution in [2.75, 3.05) is 18.5 Å². The molecule has 0 atom stereocenters. The molecule has 32 heavy (non-hydrogen) atoms. The normalized spacial score (nSPS) is 14.7. The number of nitrogens with zero attached hydrogens (tertiary/aromatic N) is 2. The molecule has 0 saturated carbocycles. The molecule has 11 heteroatoms. The highest BCUT2D eigenvalue weighted by Gasteiger charge is 2.32. The van der Waals surface area contributed by atoms with Crippen LogP contribution in [-0.2, 0) is 9.59 Å². The van der Waals surface area contributed by atoms with Crippen LogP contribution in [0.5, 0.6) is 11.5 Å². The second-order valence-corrected chi connectivity index (χ2v) is 8.27. The SMILES string of the molecule is CCOc1ccc(C=C2SC(=S)N(CCC(=O)Nc3ccc([N+](=O)[O-])cc3O)C2=O)cc1. The Balaban J connectivity index is 1.59. The Bertz CT molecular complexity index is 1100. The van der Waals surface area contributed by atoms with Gasteiger partial charge < -0.3 is 15.2 Å². The van der Waals surface area contributed by atoms with Gasteiger partial charge in [-0.2, -0.15) is 0 Å². The lowest BCUT2D eigenvalue weighted by atomic mass is 10.2. The van der Waals surface area contributed by atoms with E-state index in [0.717, 1.165) is 29.1 Å². The van der Waals surface area contributed by atoms with Crippen LogP contribution < -0.4 is 10.1 Å². The third kappa shape index (κ3) is 5.62. The number of aromatic hydroxyl groups is 1. The van der Waals surface area contributed by atoms with Gasteiger partial charge in [0.25, 0.3) is 11.6 Å². The van der Waals surface area contributed by atoms with Gasteiger partial charge in [-0.1, -0.05) is 36.1 Å². The molecule has 1 heterocycles. The Hall–Kier alpha value is -3.44.